The first-order valence-corrected chi connectivity index (χ1v) is 7.08. The molecule has 0 saturated carbocycles. The van der Waals surface area contributed by atoms with Gasteiger partial charge >= 0.3 is 11.9 Å². The smallest absolute Gasteiger partial charge is 0.340 e. The number of aromatic nitrogens is 1. The van der Waals surface area contributed by atoms with Gasteiger partial charge in [-0.1, -0.05) is 11.6 Å². The van der Waals surface area contributed by atoms with Gasteiger partial charge in [-0.2, -0.15) is 0 Å². The van der Waals surface area contributed by atoms with Gasteiger partial charge in [0.05, 0.1) is 24.7 Å². The molecule has 1 amide bonds. The van der Waals surface area contributed by atoms with Crippen LogP contribution in [0.2, 0.25) is 5.02 Å². The molecule has 0 aliphatic rings. The van der Waals surface area contributed by atoms with Crippen molar-refractivity contribution in [3.63, 3.8) is 0 Å². The lowest BCUT2D eigenvalue weighted by Gasteiger charge is -2.15. The van der Waals surface area contributed by atoms with Gasteiger partial charge < -0.3 is 14.8 Å². The Balaban J connectivity index is 2.71. The number of carbonyl (C=O) groups excluding carboxylic acids is 3. The summed E-state index contributed by atoms with van der Waals surface area (Å²) in [6.45, 7) is 3.37. The van der Waals surface area contributed by atoms with Crippen molar-refractivity contribution in [2.75, 3.05) is 13.2 Å². The van der Waals surface area contributed by atoms with Crippen LogP contribution in [-0.2, 0) is 30.3 Å². The van der Waals surface area contributed by atoms with Crippen LogP contribution in [0.3, 0.4) is 0 Å². The molecule has 0 unspecified atom stereocenters. The lowest BCUT2D eigenvalue weighted by atomic mass is 10.2. The van der Waals surface area contributed by atoms with Crippen molar-refractivity contribution in [3.8, 4) is 0 Å². The zero-order valence-electron chi connectivity index (χ0n) is 12.3. The number of nitrogens with one attached hydrogen (secondary N) is 1. The Labute approximate surface area is 133 Å². The van der Waals surface area contributed by atoms with E-state index in [0.717, 1.165) is 0 Å². The normalized spacial score (nSPS) is 10.2. The minimum absolute atomic E-state index is 0.0867. The molecule has 0 radical (unpaired) electrons. The summed E-state index contributed by atoms with van der Waals surface area (Å²) in [6.07, 6.45) is 1.30. The first-order valence-electron chi connectivity index (χ1n) is 6.71. The van der Waals surface area contributed by atoms with Crippen LogP contribution in [-0.4, -0.2) is 42.1 Å². The summed E-state index contributed by atoms with van der Waals surface area (Å²) in [7, 11) is 0. The number of rotatable bonds is 7. The Morgan fingerprint density at radius 1 is 1.18 bits per heavy atom. The first-order chi connectivity index (χ1) is 10.5. The highest BCUT2D eigenvalue weighted by Gasteiger charge is 2.31. The number of carbonyl (C=O) groups is 3. The Bertz CT molecular complexity index is 515. The average molecular weight is 329 g/mol. The third-order valence-corrected chi connectivity index (χ3v) is 2.70. The molecule has 0 spiro atoms. The molecule has 0 aliphatic carbocycles. The predicted octanol–water partition coefficient (Wildman–Crippen LogP) is 0.888. The minimum atomic E-state index is -1.49. The van der Waals surface area contributed by atoms with Crippen molar-refractivity contribution in [1.82, 2.24) is 10.3 Å². The second-order valence-electron chi connectivity index (χ2n) is 4.15. The monoisotopic (exact) mass is 328 g/mol. The molecule has 120 valence electrons. The number of nitrogens with zero attached hydrogens (tertiary/aromatic N) is 1. The predicted molar refractivity (Wildman–Crippen MR) is 78.1 cm³/mol. The summed E-state index contributed by atoms with van der Waals surface area (Å²) in [5.74, 6) is -2.28. The highest BCUT2D eigenvalue weighted by molar-refractivity contribution is 6.30. The van der Waals surface area contributed by atoms with Crippen molar-refractivity contribution in [2.24, 2.45) is 0 Å². The maximum Gasteiger partial charge on any atom is 0.340 e. The molecule has 22 heavy (non-hydrogen) atoms. The summed E-state index contributed by atoms with van der Waals surface area (Å²) in [5, 5.41) is 2.73. The molecular weight excluding hydrogens is 312 g/mol. The summed E-state index contributed by atoms with van der Waals surface area (Å²) >= 11 is 5.70. The SMILES string of the molecule is CCOC(=O)C(NC(=O)Cc1ccc(Cl)cn1)C(=O)OCC. The third kappa shape index (κ3) is 5.69. The Morgan fingerprint density at radius 3 is 2.23 bits per heavy atom. The molecule has 1 N–H and O–H groups in total. The van der Waals surface area contributed by atoms with Gasteiger partial charge in [-0.15, -0.1) is 0 Å². The molecule has 0 aromatic carbocycles. The fourth-order valence-electron chi connectivity index (χ4n) is 1.55. The topological polar surface area (TPSA) is 94.6 Å². The minimum Gasteiger partial charge on any atom is -0.464 e. The van der Waals surface area contributed by atoms with Crippen molar-refractivity contribution in [2.45, 2.75) is 26.3 Å². The number of ether oxygens (including phenoxy) is 2. The van der Waals surface area contributed by atoms with Crippen LogP contribution in [0.25, 0.3) is 0 Å². The molecule has 1 heterocycles. The van der Waals surface area contributed by atoms with E-state index < -0.39 is 23.9 Å². The van der Waals surface area contributed by atoms with Crippen molar-refractivity contribution < 1.29 is 23.9 Å². The Morgan fingerprint density at radius 2 is 1.77 bits per heavy atom. The van der Waals surface area contributed by atoms with E-state index in [2.05, 4.69) is 10.3 Å². The van der Waals surface area contributed by atoms with E-state index in [-0.39, 0.29) is 19.6 Å². The van der Waals surface area contributed by atoms with Crippen LogP contribution < -0.4 is 5.32 Å². The summed E-state index contributed by atoms with van der Waals surface area (Å²) in [5.41, 5.74) is 0.452. The van der Waals surface area contributed by atoms with Gasteiger partial charge in [0.1, 0.15) is 0 Å². The van der Waals surface area contributed by atoms with Crippen LogP contribution in [0, 0.1) is 0 Å². The number of pyridine rings is 1. The molecule has 1 aromatic heterocycles. The molecule has 0 bridgehead atoms. The quantitative estimate of drug-likeness (QED) is 0.590. The number of hydrogen-bond donors (Lipinski definition) is 1. The maximum atomic E-state index is 11.9. The number of amides is 1. The Kier molecular flexibility index (Phi) is 7.31. The van der Waals surface area contributed by atoms with E-state index in [1.807, 2.05) is 0 Å². The van der Waals surface area contributed by atoms with E-state index in [9.17, 15) is 14.4 Å². The molecule has 8 heteroatoms. The van der Waals surface area contributed by atoms with E-state index >= 15 is 0 Å². The van der Waals surface area contributed by atoms with Gasteiger partial charge in [-0.05, 0) is 26.0 Å². The van der Waals surface area contributed by atoms with Crippen LogP contribution >= 0.6 is 11.6 Å². The Hall–Kier alpha value is -2.15. The van der Waals surface area contributed by atoms with Gasteiger partial charge in [0.2, 0.25) is 11.9 Å². The van der Waals surface area contributed by atoms with Crippen molar-refractivity contribution >= 4 is 29.4 Å². The van der Waals surface area contributed by atoms with Gasteiger partial charge in [0, 0.05) is 11.9 Å². The van der Waals surface area contributed by atoms with E-state index in [0.29, 0.717) is 10.7 Å². The second-order valence-corrected chi connectivity index (χ2v) is 4.59. The van der Waals surface area contributed by atoms with E-state index in [1.165, 1.54) is 6.20 Å². The van der Waals surface area contributed by atoms with E-state index in [4.69, 9.17) is 21.1 Å². The molecule has 0 saturated heterocycles. The fraction of sp³-hybridized carbons (Fsp3) is 0.429. The zero-order valence-corrected chi connectivity index (χ0v) is 13.1. The number of hydrogen-bond acceptors (Lipinski definition) is 6. The number of esters is 2. The molecule has 1 aromatic rings. The van der Waals surface area contributed by atoms with Gasteiger partial charge in [0.25, 0.3) is 0 Å². The average Bonchev–Trinajstić information content (AvgIpc) is 2.47. The molecular formula is C14H17ClN2O5. The standard InChI is InChI=1S/C14H17ClN2O5/c1-3-21-13(19)12(14(20)22-4-2)17-11(18)7-10-6-5-9(15)8-16-10/h5-6,8,12H,3-4,7H2,1-2H3,(H,17,18). The number of halogens is 1. The molecule has 1 rings (SSSR count). The highest BCUT2D eigenvalue weighted by atomic mass is 35.5. The van der Waals surface area contributed by atoms with Crippen molar-refractivity contribution in [3.05, 3.63) is 29.0 Å². The highest BCUT2D eigenvalue weighted by Crippen LogP contribution is 2.06. The summed E-state index contributed by atoms with van der Waals surface area (Å²) < 4.78 is 9.50. The fourth-order valence-corrected chi connectivity index (χ4v) is 1.66. The van der Waals surface area contributed by atoms with Crippen LogP contribution in [0.1, 0.15) is 19.5 Å². The molecule has 0 aliphatic heterocycles. The van der Waals surface area contributed by atoms with E-state index in [1.54, 1.807) is 26.0 Å². The van der Waals surface area contributed by atoms with Crippen molar-refractivity contribution in [1.29, 1.82) is 0 Å². The molecule has 7 nitrogen and oxygen atoms in total. The van der Waals surface area contributed by atoms with Crippen LogP contribution in [0.15, 0.2) is 18.3 Å². The van der Waals surface area contributed by atoms with Crippen LogP contribution in [0.4, 0.5) is 0 Å². The lowest BCUT2D eigenvalue weighted by Crippen LogP contribution is -2.48. The summed E-state index contributed by atoms with van der Waals surface area (Å²) in [6, 6.07) is 1.68. The second kappa shape index (κ2) is 8.99. The summed E-state index contributed by atoms with van der Waals surface area (Å²) in [4.78, 5) is 39.3. The van der Waals surface area contributed by atoms with Gasteiger partial charge in [0.15, 0.2) is 0 Å². The van der Waals surface area contributed by atoms with Gasteiger partial charge in [-0.3, -0.25) is 9.78 Å². The van der Waals surface area contributed by atoms with Crippen LogP contribution in [0.5, 0.6) is 0 Å². The zero-order chi connectivity index (χ0) is 16.5. The van der Waals surface area contributed by atoms with Gasteiger partial charge in [-0.25, -0.2) is 9.59 Å². The molecule has 0 atom stereocenters. The largest absolute Gasteiger partial charge is 0.464 e. The lowest BCUT2D eigenvalue weighted by molar-refractivity contribution is -0.159. The molecule has 0 fully saturated rings. The maximum absolute atomic E-state index is 11.9. The first kappa shape index (κ1) is 17.9. The third-order valence-electron chi connectivity index (χ3n) is 2.48.